The summed E-state index contributed by atoms with van der Waals surface area (Å²) in [6.07, 6.45) is 1.53. The first kappa shape index (κ1) is 19.8. The van der Waals surface area contributed by atoms with Crippen LogP contribution in [0.5, 0.6) is 5.88 Å². The molecule has 2 aromatic heterocycles. The molecule has 10 heteroatoms. The van der Waals surface area contributed by atoms with Gasteiger partial charge in [-0.1, -0.05) is 39.3 Å². The van der Waals surface area contributed by atoms with Crippen LogP contribution in [-0.4, -0.2) is 44.0 Å². The van der Waals surface area contributed by atoms with E-state index >= 15 is 0 Å². The molecule has 0 radical (unpaired) electrons. The average molecular weight is 396 g/mol. The first-order valence-corrected chi connectivity index (χ1v) is 18.8. The van der Waals surface area contributed by atoms with Crippen molar-refractivity contribution < 1.29 is 4.43 Å². The van der Waals surface area contributed by atoms with E-state index in [4.69, 9.17) is 4.43 Å². The van der Waals surface area contributed by atoms with Crippen molar-refractivity contribution in [2.24, 2.45) is 0 Å². The Morgan fingerprint density at radius 1 is 1.00 bits per heavy atom. The number of fused-ring (bicyclic) bond motifs is 1. The van der Waals surface area contributed by atoms with Gasteiger partial charge in [-0.25, -0.2) is 4.98 Å². The molecular formula is C15H29N5O2Si3. The first-order valence-electron chi connectivity index (χ1n) is 8.45. The smallest absolute Gasteiger partial charge is 0.302 e. The minimum Gasteiger partial charge on any atom is -0.530 e. The summed E-state index contributed by atoms with van der Waals surface area (Å²) in [5.41, 5.74) is 0.513. The summed E-state index contributed by atoms with van der Waals surface area (Å²) in [5.74, 6) is 1.08. The zero-order chi connectivity index (χ0) is 19.2. The van der Waals surface area contributed by atoms with E-state index < -0.39 is 24.8 Å². The Hall–Kier alpha value is -1.53. The summed E-state index contributed by atoms with van der Waals surface area (Å²) < 4.78 is 8.08. The lowest BCUT2D eigenvalue weighted by molar-refractivity contribution is 0.533. The first-order chi connectivity index (χ1) is 11.2. The topological polar surface area (TPSA) is 81.9 Å². The molecule has 2 aromatic rings. The predicted molar refractivity (Wildman–Crippen MR) is 111 cm³/mol. The van der Waals surface area contributed by atoms with Gasteiger partial charge in [0.15, 0.2) is 25.3 Å². The Morgan fingerprint density at radius 3 is 2.08 bits per heavy atom. The van der Waals surface area contributed by atoms with Gasteiger partial charge in [0.2, 0.25) is 14.2 Å². The van der Waals surface area contributed by atoms with Crippen molar-refractivity contribution in [2.75, 3.05) is 4.98 Å². The van der Waals surface area contributed by atoms with Gasteiger partial charge in [0, 0.05) is 0 Å². The highest BCUT2D eigenvalue weighted by atomic mass is 28.4. The largest absolute Gasteiger partial charge is 0.530 e. The molecule has 0 saturated heterocycles. The van der Waals surface area contributed by atoms with Gasteiger partial charge in [-0.15, -0.1) is 0 Å². The van der Waals surface area contributed by atoms with E-state index in [1.54, 1.807) is 0 Å². The van der Waals surface area contributed by atoms with Crippen LogP contribution >= 0.6 is 0 Å². The minimum absolute atomic E-state index is 0.298. The summed E-state index contributed by atoms with van der Waals surface area (Å²) >= 11 is 0. The number of anilines is 1. The molecule has 0 atom stereocenters. The van der Waals surface area contributed by atoms with E-state index in [-0.39, 0.29) is 5.56 Å². The SMILES string of the molecule is C[Si](C)(C)Nc1nc(=O)c2ncc(O[Si](C)(C)C)nc2n1[Si](C)(C)C. The number of aromatic nitrogens is 4. The Kier molecular flexibility index (Phi) is 5.01. The molecule has 2 rings (SSSR count). The standard InChI is InChI=1S/C15H29N5O2Si3/c1-23(2,3)19-15-18-14(21)12-13(20(15)24(4,5)6)17-11(10-16-12)22-25(7,8)9/h10H,1-9H3,(H,18,19,21). The highest BCUT2D eigenvalue weighted by Gasteiger charge is 2.28. The van der Waals surface area contributed by atoms with Crippen LogP contribution < -0.4 is 15.0 Å². The Balaban J connectivity index is 2.80. The third kappa shape index (κ3) is 4.98. The molecule has 0 amide bonds. The summed E-state index contributed by atoms with van der Waals surface area (Å²) in [4.78, 5) is 29.2. The van der Waals surface area contributed by atoms with Crippen LogP contribution in [0.3, 0.4) is 0 Å². The molecular weight excluding hydrogens is 366 g/mol. The van der Waals surface area contributed by atoms with E-state index in [9.17, 15) is 4.79 Å². The summed E-state index contributed by atoms with van der Waals surface area (Å²) in [6, 6.07) is 0. The molecule has 0 unspecified atom stereocenters. The molecule has 1 N–H and O–H groups in total. The molecule has 138 valence electrons. The zero-order valence-electron chi connectivity index (χ0n) is 16.7. The fourth-order valence-electron chi connectivity index (χ4n) is 2.39. The highest BCUT2D eigenvalue weighted by Crippen LogP contribution is 2.22. The maximum atomic E-state index is 12.5. The molecule has 0 aliphatic heterocycles. The average Bonchev–Trinajstić information content (AvgIpc) is 2.32. The van der Waals surface area contributed by atoms with Crippen molar-refractivity contribution in [1.82, 2.24) is 19.2 Å². The molecule has 0 aromatic carbocycles. The van der Waals surface area contributed by atoms with Crippen LogP contribution in [0.15, 0.2) is 11.0 Å². The zero-order valence-corrected chi connectivity index (χ0v) is 19.7. The monoisotopic (exact) mass is 395 g/mol. The van der Waals surface area contributed by atoms with Crippen molar-refractivity contribution in [3.05, 3.63) is 16.6 Å². The Bertz CT molecular complexity index is 848. The number of rotatable bonds is 5. The molecule has 2 heterocycles. The highest BCUT2D eigenvalue weighted by molar-refractivity contribution is 6.80. The fourth-order valence-corrected chi connectivity index (χ4v) is 5.60. The second kappa shape index (κ2) is 6.32. The molecule has 7 nitrogen and oxygen atoms in total. The number of nitrogens with one attached hydrogen (secondary N) is 1. The quantitative estimate of drug-likeness (QED) is 0.782. The summed E-state index contributed by atoms with van der Waals surface area (Å²) in [6.45, 7) is 19.4. The van der Waals surface area contributed by atoms with Gasteiger partial charge in [0.05, 0.1) is 6.20 Å². The van der Waals surface area contributed by atoms with Crippen LogP contribution in [0.25, 0.3) is 11.2 Å². The Labute approximate surface area is 152 Å². The van der Waals surface area contributed by atoms with Gasteiger partial charge < -0.3 is 13.6 Å². The van der Waals surface area contributed by atoms with E-state index in [0.29, 0.717) is 23.0 Å². The maximum Gasteiger partial charge on any atom is 0.302 e. The molecule has 0 spiro atoms. The van der Waals surface area contributed by atoms with Crippen molar-refractivity contribution in [2.45, 2.75) is 58.9 Å². The van der Waals surface area contributed by atoms with Gasteiger partial charge in [-0.05, 0) is 19.6 Å². The fraction of sp³-hybridized carbons (Fsp3) is 0.600. The third-order valence-electron chi connectivity index (χ3n) is 3.13. The van der Waals surface area contributed by atoms with Crippen molar-refractivity contribution in [1.29, 1.82) is 0 Å². The lowest BCUT2D eigenvalue weighted by atomic mass is 10.5. The maximum absolute atomic E-state index is 12.5. The summed E-state index contributed by atoms with van der Waals surface area (Å²) in [7, 11) is -5.43. The van der Waals surface area contributed by atoms with Crippen molar-refractivity contribution in [3.8, 4) is 5.88 Å². The van der Waals surface area contributed by atoms with Crippen LogP contribution in [-0.2, 0) is 0 Å². The Morgan fingerprint density at radius 2 is 1.60 bits per heavy atom. The molecule has 0 bridgehead atoms. The molecule has 0 aliphatic rings. The number of nitrogens with zero attached hydrogens (tertiary/aromatic N) is 4. The van der Waals surface area contributed by atoms with Gasteiger partial charge in [0.1, 0.15) is 8.24 Å². The normalized spacial score (nSPS) is 13.2. The molecule has 0 aliphatic carbocycles. The van der Waals surface area contributed by atoms with Crippen molar-refractivity contribution >= 4 is 41.9 Å². The lowest BCUT2D eigenvalue weighted by Crippen LogP contribution is -2.42. The second-order valence-electron chi connectivity index (χ2n) is 9.22. The van der Waals surface area contributed by atoms with Crippen molar-refractivity contribution in [3.63, 3.8) is 0 Å². The van der Waals surface area contributed by atoms with Gasteiger partial charge in [0.25, 0.3) is 0 Å². The summed E-state index contributed by atoms with van der Waals surface area (Å²) in [5, 5.41) is 0. The second-order valence-corrected chi connectivity index (χ2v) is 23.2. The van der Waals surface area contributed by atoms with Crippen LogP contribution in [0.4, 0.5) is 5.95 Å². The van der Waals surface area contributed by atoms with E-state index in [1.807, 2.05) is 0 Å². The molecule has 25 heavy (non-hydrogen) atoms. The molecule has 0 fully saturated rings. The van der Waals surface area contributed by atoms with Gasteiger partial charge in [-0.3, -0.25) is 4.79 Å². The molecule has 0 saturated carbocycles. The van der Waals surface area contributed by atoms with Gasteiger partial charge in [-0.2, -0.15) is 9.97 Å². The van der Waals surface area contributed by atoms with Gasteiger partial charge >= 0.3 is 5.56 Å². The van der Waals surface area contributed by atoms with Crippen LogP contribution in [0, 0.1) is 0 Å². The van der Waals surface area contributed by atoms with E-state index in [2.05, 4.69) is 83.1 Å². The van der Waals surface area contributed by atoms with Crippen LogP contribution in [0.2, 0.25) is 58.9 Å². The number of hydrogen-bond donors (Lipinski definition) is 1. The van der Waals surface area contributed by atoms with E-state index in [0.717, 1.165) is 0 Å². The van der Waals surface area contributed by atoms with Crippen LogP contribution in [0.1, 0.15) is 0 Å². The van der Waals surface area contributed by atoms with E-state index in [1.165, 1.54) is 6.20 Å². The predicted octanol–water partition coefficient (Wildman–Crippen LogP) is 3.33. The number of hydrogen-bond acceptors (Lipinski definition) is 6. The minimum atomic E-state index is -1.92. The third-order valence-corrected chi connectivity index (χ3v) is 6.69. The lowest BCUT2D eigenvalue weighted by Gasteiger charge is -2.29.